The number of amides is 1. The monoisotopic (exact) mass is 439 g/mol. The van der Waals surface area contributed by atoms with Crippen molar-refractivity contribution in [1.29, 1.82) is 0 Å². The second-order valence-electron chi connectivity index (χ2n) is 7.62. The van der Waals surface area contributed by atoms with Crippen LogP contribution in [0.5, 0.6) is 0 Å². The molecule has 1 aliphatic rings. The first-order valence-corrected chi connectivity index (χ1v) is 10.1. The maximum absolute atomic E-state index is 14.5. The molecular weight excluding hydrogens is 420 g/mol. The summed E-state index contributed by atoms with van der Waals surface area (Å²) in [4.78, 5) is 31.1. The van der Waals surface area contributed by atoms with Crippen molar-refractivity contribution in [3.8, 4) is 5.95 Å². The van der Waals surface area contributed by atoms with E-state index in [1.807, 2.05) is 0 Å². The van der Waals surface area contributed by atoms with Crippen LogP contribution in [0.4, 0.5) is 14.6 Å². The summed E-state index contributed by atoms with van der Waals surface area (Å²) in [5, 5.41) is 10.2. The van der Waals surface area contributed by atoms with Crippen LogP contribution in [0.15, 0.2) is 37.2 Å². The number of carbonyl (C=O) groups excluding carboxylic acids is 1. The summed E-state index contributed by atoms with van der Waals surface area (Å²) in [5.74, 6) is -1.25. The molecule has 0 unspecified atom stereocenters. The zero-order chi connectivity index (χ0) is 22.1. The van der Waals surface area contributed by atoms with E-state index in [-0.39, 0.29) is 29.8 Å². The Morgan fingerprint density at radius 2 is 2.00 bits per heavy atom. The molecule has 1 aliphatic carbocycles. The second-order valence-corrected chi connectivity index (χ2v) is 7.62. The summed E-state index contributed by atoms with van der Waals surface area (Å²) < 4.78 is 29.4. The predicted molar refractivity (Wildman–Crippen MR) is 110 cm³/mol. The van der Waals surface area contributed by atoms with E-state index >= 15 is 0 Å². The lowest BCUT2D eigenvalue weighted by Crippen LogP contribution is -2.42. The van der Waals surface area contributed by atoms with Gasteiger partial charge in [-0.3, -0.25) is 4.79 Å². The Hall–Kier alpha value is -3.96. The maximum Gasteiger partial charge on any atom is 0.269 e. The van der Waals surface area contributed by atoms with E-state index in [9.17, 15) is 13.6 Å². The molecule has 0 bridgehead atoms. The number of carbonyl (C=O) groups is 1. The third kappa shape index (κ3) is 3.98. The molecule has 164 valence electrons. The SMILES string of the molecule is O=C(N[C@@H]1CCC[C@H](Nc2nc(-n3ncc4ncc(F)cc43)ncc2F)C1)c1cnc[nH]1. The van der Waals surface area contributed by atoms with Crippen molar-refractivity contribution in [3.05, 3.63) is 54.5 Å². The number of nitrogens with one attached hydrogen (secondary N) is 3. The van der Waals surface area contributed by atoms with Gasteiger partial charge in [0.15, 0.2) is 11.6 Å². The Labute approximate surface area is 180 Å². The van der Waals surface area contributed by atoms with Crippen LogP contribution in [0.1, 0.15) is 36.2 Å². The maximum atomic E-state index is 14.5. The lowest BCUT2D eigenvalue weighted by molar-refractivity contribution is 0.0922. The number of anilines is 1. The number of fused-ring (bicyclic) bond motifs is 1. The van der Waals surface area contributed by atoms with Crippen molar-refractivity contribution in [2.75, 3.05) is 5.32 Å². The van der Waals surface area contributed by atoms with Crippen LogP contribution in [-0.2, 0) is 0 Å². The largest absolute Gasteiger partial charge is 0.365 e. The van der Waals surface area contributed by atoms with Crippen LogP contribution < -0.4 is 10.6 Å². The van der Waals surface area contributed by atoms with Crippen LogP contribution in [0.3, 0.4) is 0 Å². The van der Waals surface area contributed by atoms with Gasteiger partial charge in [-0.1, -0.05) is 0 Å². The number of imidazole rings is 1. The van der Waals surface area contributed by atoms with Crippen LogP contribution >= 0.6 is 0 Å². The number of aromatic amines is 1. The average molecular weight is 439 g/mol. The van der Waals surface area contributed by atoms with Gasteiger partial charge in [0.05, 0.1) is 36.6 Å². The van der Waals surface area contributed by atoms with E-state index in [1.165, 1.54) is 29.5 Å². The van der Waals surface area contributed by atoms with Gasteiger partial charge >= 0.3 is 0 Å². The first-order chi connectivity index (χ1) is 15.6. The van der Waals surface area contributed by atoms with Gasteiger partial charge in [0.25, 0.3) is 11.9 Å². The molecular formula is C20H19F2N9O. The number of rotatable bonds is 5. The third-order valence-electron chi connectivity index (χ3n) is 5.40. The minimum Gasteiger partial charge on any atom is -0.365 e. The average Bonchev–Trinajstić information content (AvgIpc) is 3.46. The Bertz CT molecular complexity index is 1260. The fourth-order valence-electron chi connectivity index (χ4n) is 3.89. The standard InChI is InChI=1S/C20H19F2N9O/c21-11-4-17-15(24-6-11)9-27-31(17)20-25-7-14(22)18(30-20)28-12-2-1-3-13(5-12)29-19(32)16-8-23-10-26-16/h4,6-10,12-13H,1-3,5H2,(H,23,26)(H,29,32)(H,25,28,30)/t12-,13+/m0/s1. The molecule has 2 atom stereocenters. The van der Waals surface area contributed by atoms with Gasteiger partial charge in [-0.25, -0.2) is 23.7 Å². The molecule has 1 fully saturated rings. The van der Waals surface area contributed by atoms with Gasteiger partial charge in [-0.15, -0.1) is 0 Å². The molecule has 0 spiro atoms. The van der Waals surface area contributed by atoms with Gasteiger partial charge in [-0.05, 0) is 25.7 Å². The van der Waals surface area contributed by atoms with Crippen LogP contribution in [-0.4, -0.2) is 52.7 Å². The molecule has 0 aliphatic heterocycles. The fourth-order valence-corrected chi connectivity index (χ4v) is 3.89. The normalized spacial score (nSPS) is 18.6. The molecule has 10 nitrogen and oxygen atoms in total. The van der Waals surface area contributed by atoms with Crippen LogP contribution in [0.25, 0.3) is 17.0 Å². The number of hydrogen-bond donors (Lipinski definition) is 3. The molecule has 0 radical (unpaired) electrons. The van der Waals surface area contributed by atoms with Gasteiger partial charge in [-0.2, -0.15) is 14.8 Å². The van der Waals surface area contributed by atoms with Crippen LogP contribution in [0, 0.1) is 11.6 Å². The number of aromatic nitrogens is 7. The van der Waals surface area contributed by atoms with Gasteiger partial charge in [0, 0.05) is 18.2 Å². The summed E-state index contributed by atoms with van der Waals surface area (Å²) in [5.41, 5.74) is 1.24. The number of pyridine rings is 1. The summed E-state index contributed by atoms with van der Waals surface area (Å²) in [6.07, 6.45) is 9.61. The first-order valence-electron chi connectivity index (χ1n) is 10.1. The predicted octanol–water partition coefficient (Wildman–Crippen LogP) is 2.36. The highest BCUT2D eigenvalue weighted by atomic mass is 19.1. The van der Waals surface area contributed by atoms with Gasteiger partial charge in [0.2, 0.25) is 0 Å². The zero-order valence-electron chi connectivity index (χ0n) is 16.8. The molecule has 4 aromatic heterocycles. The first kappa shape index (κ1) is 20.0. The molecule has 1 saturated carbocycles. The third-order valence-corrected chi connectivity index (χ3v) is 5.40. The lowest BCUT2D eigenvalue weighted by Gasteiger charge is -2.30. The number of halogens is 2. The Kier molecular flexibility index (Phi) is 5.17. The van der Waals surface area contributed by atoms with E-state index in [1.54, 1.807) is 0 Å². The zero-order valence-corrected chi connectivity index (χ0v) is 16.8. The lowest BCUT2D eigenvalue weighted by atomic mass is 9.91. The molecule has 0 aromatic carbocycles. The molecule has 4 aromatic rings. The van der Waals surface area contributed by atoms with Gasteiger partial charge in [0.1, 0.15) is 17.0 Å². The fraction of sp³-hybridized carbons (Fsp3) is 0.300. The minimum atomic E-state index is -0.613. The molecule has 5 rings (SSSR count). The van der Waals surface area contributed by atoms with E-state index in [0.29, 0.717) is 23.1 Å². The highest BCUT2D eigenvalue weighted by molar-refractivity contribution is 5.92. The molecule has 32 heavy (non-hydrogen) atoms. The summed E-state index contributed by atoms with van der Waals surface area (Å²) >= 11 is 0. The van der Waals surface area contributed by atoms with Crippen molar-refractivity contribution in [3.63, 3.8) is 0 Å². The van der Waals surface area contributed by atoms with Crippen molar-refractivity contribution in [2.24, 2.45) is 0 Å². The molecule has 3 N–H and O–H groups in total. The molecule has 4 heterocycles. The van der Waals surface area contributed by atoms with E-state index in [2.05, 4.69) is 40.7 Å². The smallest absolute Gasteiger partial charge is 0.269 e. The van der Waals surface area contributed by atoms with Crippen molar-refractivity contribution in [1.82, 2.24) is 40.0 Å². The van der Waals surface area contributed by atoms with E-state index in [0.717, 1.165) is 31.7 Å². The number of hydrogen-bond acceptors (Lipinski definition) is 7. The Morgan fingerprint density at radius 1 is 1.12 bits per heavy atom. The van der Waals surface area contributed by atoms with Crippen molar-refractivity contribution in [2.45, 2.75) is 37.8 Å². The summed E-state index contributed by atoms with van der Waals surface area (Å²) in [6.45, 7) is 0. The van der Waals surface area contributed by atoms with Gasteiger partial charge < -0.3 is 15.6 Å². The van der Waals surface area contributed by atoms with Crippen LogP contribution in [0.2, 0.25) is 0 Å². The molecule has 12 heteroatoms. The highest BCUT2D eigenvalue weighted by Gasteiger charge is 2.25. The Morgan fingerprint density at radius 3 is 2.84 bits per heavy atom. The van der Waals surface area contributed by atoms with Crippen molar-refractivity contribution < 1.29 is 13.6 Å². The summed E-state index contributed by atoms with van der Waals surface area (Å²) in [7, 11) is 0. The summed E-state index contributed by atoms with van der Waals surface area (Å²) in [6, 6.07) is 1.11. The number of H-pyrrole nitrogens is 1. The topological polar surface area (TPSA) is 126 Å². The second kappa shape index (κ2) is 8.29. The quantitative estimate of drug-likeness (QED) is 0.436. The Balaban J connectivity index is 1.33. The van der Waals surface area contributed by atoms with E-state index in [4.69, 9.17) is 0 Å². The number of nitrogens with zero attached hydrogens (tertiary/aromatic N) is 6. The highest BCUT2D eigenvalue weighted by Crippen LogP contribution is 2.24. The van der Waals surface area contributed by atoms with E-state index < -0.39 is 11.6 Å². The molecule has 0 saturated heterocycles. The van der Waals surface area contributed by atoms with Crippen molar-refractivity contribution >= 4 is 22.8 Å². The minimum absolute atomic E-state index is 0.0218. The molecule has 1 amide bonds.